The number of benzene rings is 3. The highest BCUT2D eigenvalue weighted by atomic mass is 16.6. The van der Waals surface area contributed by atoms with E-state index in [1.54, 1.807) is 61.5 Å². The van der Waals surface area contributed by atoms with Gasteiger partial charge in [0.1, 0.15) is 11.3 Å². The van der Waals surface area contributed by atoms with Gasteiger partial charge in [-0.3, -0.25) is 9.59 Å². The summed E-state index contributed by atoms with van der Waals surface area (Å²) in [6, 6.07) is 18.5. The molecule has 3 aromatic carbocycles. The number of carbonyl (C=O) groups is 3. The van der Waals surface area contributed by atoms with Gasteiger partial charge < -0.3 is 19.5 Å². The average Bonchev–Trinajstić information content (AvgIpc) is 2.88. The summed E-state index contributed by atoms with van der Waals surface area (Å²) in [5.74, 6) is -1.50. The largest absolute Gasteiger partial charge is 0.496 e. The number of hydrogen-bond donors (Lipinski definition) is 2. The molecule has 0 saturated carbocycles. The van der Waals surface area contributed by atoms with Gasteiger partial charge in [0.05, 0.1) is 19.9 Å². The smallest absolute Gasteiger partial charge is 0.347 e. The lowest BCUT2D eigenvalue weighted by atomic mass is 10.1. The van der Waals surface area contributed by atoms with Crippen LogP contribution in [0.1, 0.15) is 28.4 Å². The van der Waals surface area contributed by atoms with E-state index in [4.69, 9.17) is 14.2 Å². The summed E-state index contributed by atoms with van der Waals surface area (Å²) < 4.78 is 16.0. The standard InChI is InChI=1S/C26H25N3O6/c1-16-9-12-19(13-10-16)27-24(30)25(31)29-28-17(2)18-11-14-22(23(15-18)34-4)35-26(32)20-7-5-6-8-21(20)33-3/h5-15H,1-4H3,(H,27,30)(H,29,31)/b28-17+. The number of nitrogens with one attached hydrogen (secondary N) is 2. The number of rotatable bonds is 7. The first-order chi connectivity index (χ1) is 16.8. The molecule has 0 spiro atoms. The second kappa shape index (κ2) is 11.5. The van der Waals surface area contributed by atoms with Crippen molar-refractivity contribution in [3.05, 3.63) is 83.4 Å². The second-order valence-electron chi connectivity index (χ2n) is 7.41. The number of amides is 2. The van der Waals surface area contributed by atoms with Crippen LogP contribution in [0, 0.1) is 6.92 Å². The van der Waals surface area contributed by atoms with E-state index in [0.717, 1.165) is 5.56 Å². The van der Waals surface area contributed by atoms with Crippen LogP contribution in [0.2, 0.25) is 0 Å². The molecule has 35 heavy (non-hydrogen) atoms. The Morgan fingerprint density at radius 1 is 0.800 bits per heavy atom. The molecule has 0 bridgehead atoms. The number of para-hydroxylation sites is 1. The minimum atomic E-state index is -0.917. The van der Waals surface area contributed by atoms with Crippen molar-refractivity contribution < 1.29 is 28.6 Å². The van der Waals surface area contributed by atoms with E-state index in [9.17, 15) is 14.4 Å². The fourth-order valence-corrected chi connectivity index (χ4v) is 3.02. The zero-order valence-electron chi connectivity index (χ0n) is 19.7. The lowest BCUT2D eigenvalue weighted by Gasteiger charge is -2.12. The second-order valence-corrected chi connectivity index (χ2v) is 7.41. The Balaban J connectivity index is 1.68. The molecule has 3 rings (SSSR count). The summed E-state index contributed by atoms with van der Waals surface area (Å²) in [5.41, 5.74) is 5.01. The van der Waals surface area contributed by atoms with Crippen LogP contribution in [0.4, 0.5) is 5.69 Å². The van der Waals surface area contributed by atoms with Crippen LogP contribution in [0.3, 0.4) is 0 Å². The van der Waals surface area contributed by atoms with Gasteiger partial charge in [-0.15, -0.1) is 0 Å². The van der Waals surface area contributed by atoms with Crippen LogP contribution >= 0.6 is 0 Å². The molecule has 0 radical (unpaired) electrons. The Kier molecular flexibility index (Phi) is 8.18. The minimum absolute atomic E-state index is 0.196. The molecule has 0 fully saturated rings. The Morgan fingerprint density at radius 3 is 2.17 bits per heavy atom. The molecule has 0 aliphatic rings. The first kappa shape index (κ1) is 25.0. The summed E-state index contributed by atoms with van der Waals surface area (Å²) in [5, 5.41) is 6.48. The predicted octanol–water partition coefficient (Wildman–Crippen LogP) is 3.71. The third kappa shape index (κ3) is 6.44. The molecule has 0 unspecified atom stereocenters. The molecule has 0 aromatic heterocycles. The number of esters is 1. The van der Waals surface area contributed by atoms with Crippen molar-refractivity contribution in [1.29, 1.82) is 0 Å². The SMILES string of the molecule is COc1cc(/C(C)=N/NC(=O)C(=O)Nc2ccc(C)cc2)ccc1OC(=O)c1ccccc1OC. The quantitative estimate of drug-likeness (QED) is 0.177. The van der Waals surface area contributed by atoms with Gasteiger partial charge >= 0.3 is 17.8 Å². The van der Waals surface area contributed by atoms with Crippen LogP contribution in [0.25, 0.3) is 0 Å². The maximum absolute atomic E-state index is 12.6. The first-order valence-electron chi connectivity index (χ1n) is 10.6. The molecule has 9 heteroatoms. The lowest BCUT2D eigenvalue weighted by Crippen LogP contribution is -2.32. The monoisotopic (exact) mass is 475 g/mol. The summed E-state index contributed by atoms with van der Waals surface area (Å²) in [7, 11) is 2.90. The van der Waals surface area contributed by atoms with Gasteiger partial charge in [-0.25, -0.2) is 10.2 Å². The highest BCUT2D eigenvalue weighted by Crippen LogP contribution is 2.30. The number of aryl methyl sites for hydroxylation is 1. The third-order valence-electron chi connectivity index (χ3n) is 4.95. The predicted molar refractivity (Wildman–Crippen MR) is 131 cm³/mol. The van der Waals surface area contributed by atoms with Crippen LogP contribution in [-0.2, 0) is 9.59 Å². The van der Waals surface area contributed by atoms with Crippen molar-refractivity contribution in [2.45, 2.75) is 13.8 Å². The van der Waals surface area contributed by atoms with Gasteiger partial charge in [0.15, 0.2) is 11.5 Å². The molecule has 0 saturated heterocycles. The van der Waals surface area contributed by atoms with Crippen LogP contribution in [0.5, 0.6) is 17.2 Å². The lowest BCUT2D eigenvalue weighted by molar-refractivity contribution is -0.136. The van der Waals surface area contributed by atoms with Crippen LogP contribution in [-0.4, -0.2) is 37.7 Å². The van der Waals surface area contributed by atoms with E-state index >= 15 is 0 Å². The number of carbonyl (C=O) groups excluding carboxylic acids is 3. The molecule has 0 atom stereocenters. The molecule has 180 valence electrons. The van der Waals surface area contributed by atoms with E-state index in [0.29, 0.717) is 22.7 Å². The van der Waals surface area contributed by atoms with Crippen molar-refractivity contribution in [3.8, 4) is 17.2 Å². The van der Waals surface area contributed by atoms with Crippen molar-refractivity contribution >= 4 is 29.2 Å². The highest BCUT2D eigenvalue weighted by Gasteiger charge is 2.18. The van der Waals surface area contributed by atoms with E-state index in [2.05, 4.69) is 15.8 Å². The van der Waals surface area contributed by atoms with Crippen molar-refractivity contribution in [1.82, 2.24) is 5.43 Å². The van der Waals surface area contributed by atoms with Crippen LogP contribution in [0.15, 0.2) is 71.8 Å². The summed E-state index contributed by atoms with van der Waals surface area (Å²) >= 11 is 0. The first-order valence-corrected chi connectivity index (χ1v) is 10.6. The summed E-state index contributed by atoms with van der Waals surface area (Å²) in [6.07, 6.45) is 0. The Bertz CT molecular complexity index is 1270. The minimum Gasteiger partial charge on any atom is -0.496 e. The molecular weight excluding hydrogens is 450 g/mol. The molecule has 0 heterocycles. The molecule has 0 aliphatic heterocycles. The van der Waals surface area contributed by atoms with Crippen molar-refractivity contribution in [3.63, 3.8) is 0 Å². The van der Waals surface area contributed by atoms with Gasteiger partial charge in [0.2, 0.25) is 0 Å². The molecule has 9 nitrogen and oxygen atoms in total. The fraction of sp³-hybridized carbons (Fsp3) is 0.154. The molecule has 2 N–H and O–H groups in total. The normalized spacial score (nSPS) is 10.8. The zero-order valence-corrected chi connectivity index (χ0v) is 19.7. The number of hydrazone groups is 1. The summed E-state index contributed by atoms with van der Waals surface area (Å²) in [4.78, 5) is 36.8. The van der Waals surface area contributed by atoms with Crippen molar-refractivity contribution in [2.75, 3.05) is 19.5 Å². The highest BCUT2D eigenvalue weighted by molar-refractivity contribution is 6.39. The fourth-order valence-electron chi connectivity index (χ4n) is 3.02. The molecular formula is C26H25N3O6. The van der Waals surface area contributed by atoms with E-state index in [-0.39, 0.29) is 17.1 Å². The number of hydrogen-bond acceptors (Lipinski definition) is 7. The third-order valence-corrected chi connectivity index (χ3v) is 4.95. The Labute approximate surface area is 202 Å². The zero-order chi connectivity index (χ0) is 25.4. The molecule has 0 aliphatic carbocycles. The van der Waals surface area contributed by atoms with E-state index in [1.807, 2.05) is 19.1 Å². The van der Waals surface area contributed by atoms with Crippen LogP contribution < -0.4 is 25.0 Å². The van der Waals surface area contributed by atoms with Gasteiger partial charge in [-0.1, -0.05) is 29.8 Å². The van der Waals surface area contributed by atoms with Gasteiger partial charge in [0.25, 0.3) is 0 Å². The van der Waals surface area contributed by atoms with Gasteiger partial charge in [0, 0.05) is 11.3 Å². The number of nitrogens with zero attached hydrogens (tertiary/aromatic N) is 1. The average molecular weight is 476 g/mol. The molecule has 2 amide bonds. The van der Waals surface area contributed by atoms with Gasteiger partial charge in [-0.2, -0.15) is 5.10 Å². The van der Waals surface area contributed by atoms with E-state index < -0.39 is 17.8 Å². The molecule has 3 aromatic rings. The number of anilines is 1. The topological polar surface area (TPSA) is 115 Å². The Hall–Kier alpha value is -4.66. The van der Waals surface area contributed by atoms with Gasteiger partial charge in [-0.05, 0) is 56.3 Å². The maximum atomic E-state index is 12.6. The maximum Gasteiger partial charge on any atom is 0.347 e. The number of methoxy groups -OCH3 is 2. The number of ether oxygens (including phenoxy) is 3. The van der Waals surface area contributed by atoms with Crippen molar-refractivity contribution in [2.24, 2.45) is 5.10 Å². The summed E-state index contributed by atoms with van der Waals surface area (Å²) in [6.45, 7) is 3.56. The Morgan fingerprint density at radius 2 is 1.49 bits per heavy atom. The van der Waals surface area contributed by atoms with E-state index in [1.165, 1.54) is 14.2 Å².